The van der Waals surface area contributed by atoms with Gasteiger partial charge in [-0.05, 0) is 54.8 Å². The highest BCUT2D eigenvalue weighted by Gasteiger charge is 2.19. The molecular weight excluding hydrogens is 336 g/mol. The van der Waals surface area contributed by atoms with Crippen LogP contribution in [0.15, 0.2) is 47.4 Å². The highest BCUT2D eigenvalue weighted by Crippen LogP contribution is 2.18. The van der Waals surface area contributed by atoms with Gasteiger partial charge < -0.3 is 10.6 Å². The number of carbonyl (C=O) groups is 1. The third-order valence-corrected chi connectivity index (χ3v) is 6.59. The molecule has 0 saturated heterocycles. The molecule has 0 radical (unpaired) electrons. The van der Waals surface area contributed by atoms with E-state index in [0.29, 0.717) is 12.1 Å². The lowest BCUT2D eigenvalue weighted by Gasteiger charge is -2.09. The van der Waals surface area contributed by atoms with E-state index in [-0.39, 0.29) is 10.8 Å². The zero-order valence-electron chi connectivity index (χ0n) is 14.4. The Hall–Kier alpha value is -2.18. The predicted octanol–water partition coefficient (Wildman–Crippen LogP) is 2.40. The third-order valence-electron chi connectivity index (χ3n) is 4.42. The molecule has 132 valence electrons. The largest absolute Gasteiger partial charge is 0.348 e. The molecule has 2 aromatic rings. The Kier molecular flexibility index (Phi) is 4.92. The van der Waals surface area contributed by atoms with Crippen molar-refractivity contribution in [3.05, 3.63) is 64.7 Å². The molecule has 3 rings (SSSR count). The summed E-state index contributed by atoms with van der Waals surface area (Å²) in [5, 5.41) is 5.69. The topological polar surface area (TPSA) is 75.3 Å². The Balaban J connectivity index is 1.65. The van der Waals surface area contributed by atoms with E-state index in [1.165, 1.54) is 23.3 Å². The molecule has 2 aromatic carbocycles. The molecule has 0 aliphatic carbocycles. The van der Waals surface area contributed by atoms with Crippen LogP contribution in [0.25, 0.3) is 0 Å². The lowest BCUT2D eigenvalue weighted by Crippen LogP contribution is -2.23. The minimum atomic E-state index is -3.32. The molecule has 1 aliphatic heterocycles. The number of sulfone groups is 1. The van der Waals surface area contributed by atoms with Gasteiger partial charge in [-0.3, -0.25) is 4.79 Å². The molecule has 0 unspecified atom stereocenters. The van der Waals surface area contributed by atoms with Crippen LogP contribution in [-0.2, 0) is 29.5 Å². The van der Waals surface area contributed by atoms with Gasteiger partial charge >= 0.3 is 0 Å². The molecule has 0 bridgehead atoms. The first-order valence-electron chi connectivity index (χ1n) is 8.31. The van der Waals surface area contributed by atoms with Gasteiger partial charge in [0.1, 0.15) is 0 Å². The second-order valence-corrected chi connectivity index (χ2v) is 9.01. The van der Waals surface area contributed by atoms with Crippen molar-refractivity contribution >= 4 is 15.7 Å². The molecule has 6 heteroatoms. The molecule has 0 fully saturated rings. The average molecular weight is 358 g/mol. The molecule has 0 atom stereocenters. The van der Waals surface area contributed by atoms with Crippen molar-refractivity contribution in [3.63, 3.8) is 0 Å². The summed E-state index contributed by atoms with van der Waals surface area (Å²) in [5.74, 6) is -0.216. The summed E-state index contributed by atoms with van der Waals surface area (Å²) >= 11 is 0. The number of rotatable bonds is 5. The van der Waals surface area contributed by atoms with E-state index in [2.05, 4.69) is 22.8 Å². The van der Waals surface area contributed by atoms with Crippen LogP contribution in [-0.4, -0.2) is 19.6 Å². The normalized spacial score (nSPS) is 13.7. The molecule has 0 aromatic heterocycles. The zero-order valence-corrected chi connectivity index (χ0v) is 15.2. The minimum Gasteiger partial charge on any atom is -0.348 e. The smallest absolute Gasteiger partial charge is 0.251 e. The molecule has 2 N–H and O–H groups in total. The van der Waals surface area contributed by atoms with E-state index >= 15 is 0 Å². The minimum absolute atomic E-state index is 0.216. The van der Waals surface area contributed by atoms with Crippen molar-refractivity contribution in [2.45, 2.75) is 43.6 Å². The molecule has 5 nitrogen and oxygen atoms in total. The van der Waals surface area contributed by atoms with Crippen molar-refractivity contribution in [3.8, 4) is 0 Å². The van der Waals surface area contributed by atoms with Crippen LogP contribution in [0.1, 0.15) is 40.9 Å². The van der Waals surface area contributed by atoms with Gasteiger partial charge in [-0.2, -0.15) is 0 Å². The van der Waals surface area contributed by atoms with Crippen molar-refractivity contribution in [2.75, 3.05) is 0 Å². The standard InChI is InChI=1S/C19H22N2O3S/c1-13(2)25(23,24)18-7-5-15(6-8-18)19(22)21-10-14-3-4-16-11-20-12-17(16)9-14/h3-9,13,20H,10-12H2,1-2H3,(H,21,22). The van der Waals surface area contributed by atoms with Crippen LogP contribution in [0.3, 0.4) is 0 Å². The predicted molar refractivity (Wildman–Crippen MR) is 96.9 cm³/mol. The number of amides is 1. The first-order valence-corrected chi connectivity index (χ1v) is 9.86. The molecule has 1 aliphatic rings. The van der Waals surface area contributed by atoms with Gasteiger partial charge in [0, 0.05) is 25.2 Å². The maximum absolute atomic E-state index is 12.3. The van der Waals surface area contributed by atoms with Crippen LogP contribution in [0.2, 0.25) is 0 Å². The average Bonchev–Trinajstić information content (AvgIpc) is 3.07. The maximum atomic E-state index is 12.3. The molecule has 25 heavy (non-hydrogen) atoms. The number of nitrogens with one attached hydrogen (secondary N) is 2. The first-order chi connectivity index (χ1) is 11.9. The second kappa shape index (κ2) is 6.98. The summed E-state index contributed by atoms with van der Waals surface area (Å²) < 4.78 is 24.2. The molecular formula is C19H22N2O3S. The van der Waals surface area contributed by atoms with Crippen molar-refractivity contribution < 1.29 is 13.2 Å². The molecule has 1 amide bonds. The van der Waals surface area contributed by atoms with Crippen LogP contribution in [0, 0.1) is 0 Å². The number of hydrogen-bond donors (Lipinski definition) is 2. The molecule has 0 saturated carbocycles. The van der Waals surface area contributed by atoms with Gasteiger partial charge in [-0.1, -0.05) is 18.2 Å². The summed E-state index contributed by atoms with van der Waals surface area (Å²) in [6.07, 6.45) is 0. The van der Waals surface area contributed by atoms with Crippen molar-refractivity contribution in [2.24, 2.45) is 0 Å². The van der Waals surface area contributed by atoms with E-state index in [0.717, 1.165) is 18.7 Å². The SMILES string of the molecule is CC(C)S(=O)(=O)c1ccc(C(=O)NCc2ccc3c(c2)CNC3)cc1. The van der Waals surface area contributed by atoms with Gasteiger partial charge in [-0.15, -0.1) is 0 Å². The summed E-state index contributed by atoms with van der Waals surface area (Å²) in [6, 6.07) is 12.3. The summed E-state index contributed by atoms with van der Waals surface area (Å²) in [6.45, 7) is 5.48. The summed E-state index contributed by atoms with van der Waals surface area (Å²) in [7, 11) is -3.32. The lowest BCUT2D eigenvalue weighted by molar-refractivity contribution is 0.0951. The maximum Gasteiger partial charge on any atom is 0.251 e. The quantitative estimate of drug-likeness (QED) is 0.861. The Bertz CT molecular complexity index is 887. The van der Waals surface area contributed by atoms with Crippen molar-refractivity contribution in [1.82, 2.24) is 10.6 Å². The van der Waals surface area contributed by atoms with Crippen LogP contribution in [0.4, 0.5) is 0 Å². The van der Waals surface area contributed by atoms with Gasteiger partial charge in [0.25, 0.3) is 5.91 Å². The summed E-state index contributed by atoms with van der Waals surface area (Å²) in [5.41, 5.74) is 4.08. The van der Waals surface area contributed by atoms with E-state index in [1.54, 1.807) is 26.0 Å². The Morgan fingerprint density at radius 2 is 1.76 bits per heavy atom. The first kappa shape index (κ1) is 17.6. The fourth-order valence-electron chi connectivity index (χ4n) is 2.81. The highest BCUT2D eigenvalue weighted by molar-refractivity contribution is 7.92. The Morgan fingerprint density at radius 1 is 1.08 bits per heavy atom. The van der Waals surface area contributed by atoms with Gasteiger partial charge in [0.15, 0.2) is 9.84 Å². The fourth-order valence-corrected chi connectivity index (χ4v) is 3.87. The Morgan fingerprint density at radius 3 is 2.44 bits per heavy atom. The fraction of sp³-hybridized carbons (Fsp3) is 0.316. The van der Waals surface area contributed by atoms with Gasteiger partial charge in [0.05, 0.1) is 10.1 Å². The van der Waals surface area contributed by atoms with Crippen molar-refractivity contribution in [1.29, 1.82) is 0 Å². The number of carbonyl (C=O) groups excluding carboxylic acids is 1. The zero-order chi connectivity index (χ0) is 18.0. The number of hydrogen-bond acceptors (Lipinski definition) is 4. The van der Waals surface area contributed by atoms with Gasteiger partial charge in [0.2, 0.25) is 0 Å². The van der Waals surface area contributed by atoms with Gasteiger partial charge in [-0.25, -0.2) is 8.42 Å². The number of fused-ring (bicyclic) bond motifs is 1. The number of benzene rings is 2. The highest BCUT2D eigenvalue weighted by atomic mass is 32.2. The van der Waals surface area contributed by atoms with E-state index in [1.807, 2.05) is 6.07 Å². The second-order valence-electron chi connectivity index (χ2n) is 6.51. The molecule has 1 heterocycles. The van der Waals surface area contributed by atoms with Crippen LogP contribution >= 0.6 is 0 Å². The lowest BCUT2D eigenvalue weighted by atomic mass is 10.1. The molecule has 0 spiro atoms. The Labute approximate surface area is 148 Å². The van der Waals surface area contributed by atoms with E-state index in [9.17, 15) is 13.2 Å². The third kappa shape index (κ3) is 3.75. The van der Waals surface area contributed by atoms with Crippen LogP contribution < -0.4 is 10.6 Å². The summed E-state index contributed by atoms with van der Waals surface area (Å²) in [4.78, 5) is 12.5. The van der Waals surface area contributed by atoms with E-state index in [4.69, 9.17) is 0 Å². The monoisotopic (exact) mass is 358 g/mol. The van der Waals surface area contributed by atoms with E-state index < -0.39 is 15.1 Å². The van der Waals surface area contributed by atoms with Crippen LogP contribution in [0.5, 0.6) is 0 Å².